The lowest BCUT2D eigenvalue weighted by atomic mass is 9.40. The minimum atomic E-state index is -1.31. The summed E-state index contributed by atoms with van der Waals surface area (Å²) in [4.78, 5) is 4.52. The van der Waals surface area contributed by atoms with Gasteiger partial charge in [0.1, 0.15) is 0 Å². The van der Waals surface area contributed by atoms with Crippen LogP contribution in [0.15, 0.2) is 72.9 Å². The number of rotatable bonds is 3. The first-order chi connectivity index (χ1) is 10.5. The Balaban J connectivity index is 1.87. The standard InChI is InChI=1S/C18H12B3N/c19-18(20,21)16-9-6-13(7-10-16)15-8-11-17(22-12-15)14-4-2-1-3-5-14/h1-12H. The van der Waals surface area contributed by atoms with Crippen molar-refractivity contribution < 1.29 is 0 Å². The largest absolute Gasteiger partial charge is 0.256 e. The monoisotopic (exact) mass is 275 g/mol. The van der Waals surface area contributed by atoms with Gasteiger partial charge in [0.2, 0.25) is 0 Å². The Labute approximate surface area is 135 Å². The minimum absolute atomic E-state index is 0.685. The second kappa shape index (κ2) is 5.88. The van der Waals surface area contributed by atoms with Crippen LogP contribution >= 0.6 is 0 Å². The van der Waals surface area contributed by atoms with Gasteiger partial charge in [-0.25, -0.2) is 0 Å². The van der Waals surface area contributed by atoms with E-state index >= 15 is 0 Å². The highest BCUT2D eigenvalue weighted by atomic mass is 14.7. The zero-order valence-electron chi connectivity index (χ0n) is 12.1. The third-order valence-electron chi connectivity index (χ3n) is 3.55. The fourth-order valence-electron chi connectivity index (χ4n) is 2.30. The van der Waals surface area contributed by atoms with Crippen molar-refractivity contribution in [1.29, 1.82) is 0 Å². The third kappa shape index (κ3) is 3.17. The Morgan fingerprint density at radius 2 is 1.27 bits per heavy atom. The molecule has 22 heavy (non-hydrogen) atoms. The molecule has 0 aliphatic heterocycles. The van der Waals surface area contributed by atoms with Gasteiger partial charge in [0.15, 0.2) is 0 Å². The van der Waals surface area contributed by atoms with E-state index in [2.05, 4.69) is 4.98 Å². The third-order valence-corrected chi connectivity index (χ3v) is 3.55. The first kappa shape index (κ1) is 14.7. The van der Waals surface area contributed by atoms with Crippen molar-refractivity contribution in [1.82, 2.24) is 4.98 Å². The number of benzene rings is 2. The SMILES string of the molecule is [B]C([B])([B])c1ccc(-c2ccc(-c3ccccc3)nc2)cc1. The number of nitrogens with zero attached hydrogens (tertiary/aromatic N) is 1. The van der Waals surface area contributed by atoms with Crippen LogP contribution in [0.4, 0.5) is 0 Å². The van der Waals surface area contributed by atoms with Crippen molar-refractivity contribution in [2.75, 3.05) is 0 Å². The molecule has 0 amide bonds. The molecule has 0 aliphatic rings. The van der Waals surface area contributed by atoms with Gasteiger partial charge in [-0.3, -0.25) is 4.98 Å². The average molecular weight is 275 g/mol. The lowest BCUT2D eigenvalue weighted by Gasteiger charge is -2.20. The molecule has 0 spiro atoms. The van der Waals surface area contributed by atoms with E-state index in [0.717, 1.165) is 22.4 Å². The Hall–Kier alpha value is -2.22. The molecule has 1 aromatic heterocycles. The van der Waals surface area contributed by atoms with E-state index in [9.17, 15) is 0 Å². The van der Waals surface area contributed by atoms with Gasteiger partial charge < -0.3 is 0 Å². The molecule has 0 unspecified atom stereocenters. The van der Waals surface area contributed by atoms with Gasteiger partial charge in [-0.1, -0.05) is 66.2 Å². The van der Waals surface area contributed by atoms with Crippen molar-refractivity contribution >= 4 is 23.5 Å². The zero-order valence-corrected chi connectivity index (χ0v) is 12.1. The topological polar surface area (TPSA) is 12.9 Å². The molecule has 0 atom stereocenters. The van der Waals surface area contributed by atoms with E-state index in [1.807, 2.05) is 72.9 Å². The highest BCUT2D eigenvalue weighted by molar-refractivity contribution is 6.58. The maximum absolute atomic E-state index is 5.67. The highest BCUT2D eigenvalue weighted by Crippen LogP contribution is 2.24. The van der Waals surface area contributed by atoms with E-state index in [-0.39, 0.29) is 0 Å². The van der Waals surface area contributed by atoms with Gasteiger partial charge in [-0.2, -0.15) is 0 Å². The summed E-state index contributed by atoms with van der Waals surface area (Å²) < 4.78 is 0. The van der Waals surface area contributed by atoms with Gasteiger partial charge >= 0.3 is 0 Å². The Morgan fingerprint density at radius 1 is 0.636 bits per heavy atom. The quantitative estimate of drug-likeness (QED) is 0.669. The van der Waals surface area contributed by atoms with Crippen LogP contribution in [0.2, 0.25) is 0 Å². The van der Waals surface area contributed by atoms with Crippen LogP contribution in [0.1, 0.15) is 5.56 Å². The van der Waals surface area contributed by atoms with Crippen LogP contribution in [0.3, 0.4) is 0 Å². The molecule has 3 rings (SSSR count). The van der Waals surface area contributed by atoms with E-state index in [0.29, 0.717) is 5.56 Å². The summed E-state index contributed by atoms with van der Waals surface area (Å²) in [6.45, 7) is 0. The molecule has 0 N–H and O–H groups in total. The molecule has 1 nitrogen and oxygen atoms in total. The number of pyridine rings is 1. The second-order valence-electron chi connectivity index (χ2n) is 5.31. The van der Waals surface area contributed by atoms with Crippen molar-refractivity contribution in [3.05, 3.63) is 78.5 Å². The van der Waals surface area contributed by atoms with Crippen molar-refractivity contribution in [2.45, 2.75) is 5.11 Å². The summed E-state index contributed by atoms with van der Waals surface area (Å²) in [5, 5.41) is -1.31. The molecule has 98 valence electrons. The smallest absolute Gasteiger partial charge is 0.0702 e. The number of hydrogen-bond acceptors (Lipinski definition) is 1. The predicted molar refractivity (Wildman–Crippen MR) is 94.0 cm³/mol. The van der Waals surface area contributed by atoms with Gasteiger partial charge in [0.25, 0.3) is 0 Å². The maximum Gasteiger partial charge on any atom is 0.0702 e. The van der Waals surface area contributed by atoms with Crippen molar-refractivity contribution in [3.8, 4) is 22.4 Å². The lowest BCUT2D eigenvalue weighted by Crippen LogP contribution is -2.26. The summed E-state index contributed by atoms with van der Waals surface area (Å²) in [5.74, 6) is 0. The van der Waals surface area contributed by atoms with Gasteiger partial charge in [-0.15, -0.1) is 5.11 Å². The van der Waals surface area contributed by atoms with Gasteiger partial charge in [-0.05, 0) is 11.6 Å². The van der Waals surface area contributed by atoms with E-state index in [4.69, 9.17) is 23.5 Å². The fourth-order valence-corrected chi connectivity index (χ4v) is 2.30. The molecule has 1 heterocycles. The van der Waals surface area contributed by atoms with Crippen LogP contribution in [0.25, 0.3) is 22.4 Å². The fraction of sp³-hybridized carbons (Fsp3) is 0.0556. The van der Waals surface area contributed by atoms with Gasteiger partial charge in [0.05, 0.1) is 29.2 Å². The molecular formula is C18H12B3N. The molecule has 0 saturated heterocycles. The van der Waals surface area contributed by atoms with Crippen LogP contribution in [-0.2, 0) is 5.11 Å². The zero-order chi connectivity index (χ0) is 15.6. The summed E-state index contributed by atoms with van der Waals surface area (Å²) in [6.07, 6.45) is 1.86. The second-order valence-corrected chi connectivity index (χ2v) is 5.31. The average Bonchev–Trinajstić information content (AvgIpc) is 2.55. The molecule has 0 aliphatic carbocycles. The molecule has 0 fully saturated rings. The highest BCUT2D eigenvalue weighted by Gasteiger charge is 2.12. The molecular weight excluding hydrogens is 263 g/mol. The first-order valence-electron chi connectivity index (χ1n) is 7.03. The normalized spacial score (nSPS) is 11.3. The molecule has 6 radical (unpaired) electrons. The summed E-state index contributed by atoms with van der Waals surface area (Å²) in [6, 6.07) is 21.7. The van der Waals surface area contributed by atoms with Crippen LogP contribution in [-0.4, -0.2) is 28.5 Å². The molecule has 4 heteroatoms. The summed E-state index contributed by atoms with van der Waals surface area (Å²) >= 11 is 0. The van der Waals surface area contributed by atoms with Crippen LogP contribution in [0, 0.1) is 0 Å². The lowest BCUT2D eigenvalue weighted by molar-refractivity contribution is 1.23. The Morgan fingerprint density at radius 3 is 1.82 bits per heavy atom. The first-order valence-corrected chi connectivity index (χ1v) is 7.03. The Kier molecular flexibility index (Phi) is 3.93. The van der Waals surface area contributed by atoms with E-state index in [1.165, 1.54) is 0 Å². The van der Waals surface area contributed by atoms with Gasteiger partial charge in [0, 0.05) is 17.3 Å². The minimum Gasteiger partial charge on any atom is -0.256 e. The molecule has 2 aromatic carbocycles. The van der Waals surface area contributed by atoms with Crippen molar-refractivity contribution in [2.24, 2.45) is 0 Å². The maximum atomic E-state index is 5.67. The van der Waals surface area contributed by atoms with Crippen LogP contribution < -0.4 is 0 Å². The van der Waals surface area contributed by atoms with Crippen molar-refractivity contribution in [3.63, 3.8) is 0 Å². The van der Waals surface area contributed by atoms with Crippen LogP contribution in [0.5, 0.6) is 0 Å². The number of hydrogen-bond donors (Lipinski definition) is 0. The molecule has 3 aromatic rings. The molecule has 0 bridgehead atoms. The predicted octanol–water partition coefficient (Wildman–Crippen LogP) is 3.03. The summed E-state index contributed by atoms with van der Waals surface area (Å²) in [7, 11) is 17.0. The Bertz CT molecular complexity index is 745. The van der Waals surface area contributed by atoms with E-state index in [1.54, 1.807) is 0 Å². The number of aromatic nitrogens is 1. The molecule has 0 saturated carbocycles. The summed E-state index contributed by atoms with van der Waals surface area (Å²) in [5.41, 5.74) is 4.81. The van der Waals surface area contributed by atoms with E-state index < -0.39 is 5.11 Å².